The fraction of sp³-hybridized carbons (Fsp3) is 0.143. The average molecular weight is 258 g/mol. The van der Waals surface area contributed by atoms with Gasteiger partial charge in [0.1, 0.15) is 5.75 Å². The molecular formula is C14H14N2O3. The number of aromatic nitrogens is 1. The summed E-state index contributed by atoms with van der Waals surface area (Å²) in [5.41, 5.74) is 1.27. The highest BCUT2D eigenvalue weighted by Gasteiger charge is 2.12. The van der Waals surface area contributed by atoms with E-state index in [1.54, 1.807) is 6.07 Å². The summed E-state index contributed by atoms with van der Waals surface area (Å²) in [6.45, 7) is 1.99. The molecule has 0 saturated carbocycles. The van der Waals surface area contributed by atoms with Gasteiger partial charge in [0.25, 0.3) is 11.5 Å². The van der Waals surface area contributed by atoms with Crippen LogP contribution in [0.2, 0.25) is 0 Å². The Labute approximate surface area is 109 Å². The minimum Gasteiger partial charge on any atom is -0.507 e. The Balaban J connectivity index is 2.28. The fourth-order valence-corrected chi connectivity index (χ4v) is 1.78. The third kappa shape index (κ3) is 2.82. The SMILES string of the molecule is CCc1ccccc1NC(=O)c1c[nH]c(=O)cc1O. The normalized spacial score (nSPS) is 10.2. The van der Waals surface area contributed by atoms with Crippen LogP contribution in [-0.4, -0.2) is 16.0 Å². The molecule has 0 fully saturated rings. The quantitative estimate of drug-likeness (QED) is 0.786. The molecule has 2 aromatic rings. The van der Waals surface area contributed by atoms with Gasteiger partial charge in [-0.3, -0.25) is 9.59 Å². The summed E-state index contributed by atoms with van der Waals surface area (Å²) in [5, 5.41) is 12.3. The van der Waals surface area contributed by atoms with Gasteiger partial charge in [-0.25, -0.2) is 0 Å². The van der Waals surface area contributed by atoms with E-state index >= 15 is 0 Å². The Hall–Kier alpha value is -2.56. The number of carbonyl (C=O) groups excluding carboxylic acids is 1. The van der Waals surface area contributed by atoms with Crippen LogP contribution in [0.4, 0.5) is 5.69 Å². The van der Waals surface area contributed by atoms with Gasteiger partial charge in [0, 0.05) is 18.0 Å². The van der Waals surface area contributed by atoms with Crippen molar-refractivity contribution in [1.82, 2.24) is 4.98 Å². The zero-order chi connectivity index (χ0) is 13.8. The van der Waals surface area contributed by atoms with Gasteiger partial charge < -0.3 is 15.4 Å². The first-order valence-corrected chi connectivity index (χ1v) is 5.92. The summed E-state index contributed by atoms with van der Waals surface area (Å²) in [5.74, 6) is -0.801. The maximum atomic E-state index is 12.0. The number of carbonyl (C=O) groups is 1. The fourth-order valence-electron chi connectivity index (χ4n) is 1.78. The maximum Gasteiger partial charge on any atom is 0.260 e. The standard InChI is InChI=1S/C14H14N2O3/c1-2-9-5-3-4-6-11(9)16-14(19)10-8-15-13(18)7-12(10)17/h3-8H,2H2,1H3,(H,16,19)(H2,15,17,18). The van der Waals surface area contributed by atoms with Crippen LogP contribution < -0.4 is 10.9 Å². The Kier molecular flexibility index (Phi) is 3.66. The Morgan fingerprint density at radius 2 is 2.11 bits per heavy atom. The lowest BCUT2D eigenvalue weighted by atomic mass is 10.1. The number of aromatic amines is 1. The third-order valence-electron chi connectivity index (χ3n) is 2.79. The van der Waals surface area contributed by atoms with E-state index in [4.69, 9.17) is 0 Å². The predicted molar refractivity (Wildman–Crippen MR) is 72.5 cm³/mol. The van der Waals surface area contributed by atoms with Crippen LogP contribution in [-0.2, 0) is 6.42 Å². The van der Waals surface area contributed by atoms with Gasteiger partial charge in [0.05, 0.1) is 5.56 Å². The van der Waals surface area contributed by atoms with Gasteiger partial charge in [0.2, 0.25) is 0 Å². The lowest BCUT2D eigenvalue weighted by molar-refractivity contribution is 0.102. The van der Waals surface area contributed by atoms with Crippen LogP contribution in [0.15, 0.2) is 41.3 Å². The number of aromatic hydroxyl groups is 1. The molecule has 0 atom stereocenters. The maximum absolute atomic E-state index is 12.0. The number of hydrogen-bond acceptors (Lipinski definition) is 3. The van der Waals surface area contributed by atoms with E-state index in [0.717, 1.165) is 18.1 Å². The average Bonchev–Trinajstić information content (AvgIpc) is 2.39. The molecule has 0 aliphatic rings. The first kappa shape index (κ1) is 12.9. The van der Waals surface area contributed by atoms with Crippen LogP contribution in [0.25, 0.3) is 0 Å². The third-order valence-corrected chi connectivity index (χ3v) is 2.79. The predicted octanol–water partition coefficient (Wildman–Crippen LogP) is 1.90. The summed E-state index contributed by atoms with van der Waals surface area (Å²) in [4.78, 5) is 25.4. The van der Waals surface area contributed by atoms with Crippen molar-refractivity contribution in [3.05, 3.63) is 58.0 Å². The zero-order valence-corrected chi connectivity index (χ0v) is 10.4. The largest absolute Gasteiger partial charge is 0.507 e. The van der Waals surface area contributed by atoms with E-state index in [0.29, 0.717) is 5.69 Å². The summed E-state index contributed by atoms with van der Waals surface area (Å²) in [7, 11) is 0. The molecule has 0 radical (unpaired) electrons. The molecule has 0 saturated heterocycles. The minimum absolute atomic E-state index is 0.0329. The second-order valence-corrected chi connectivity index (χ2v) is 4.06. The van der Waals surface area contributed by atoms with Gasteiger partial charge in [-0.2, -0.15) is 0 Å². The zero-order valence-electron chi connectivity index (χ0n) is 10.4. The topological polar surface area (TPSA) is 82.2 Å². The van der Waals surface area contributed by atoms with Crippen LogP contribution in [0, 0.1) is 0 Å². The van der Waals surface area contributed by atoms with Gasteiger partial charge in [-0.15, -0.1) is 0 Å². The van der Waals surface area contributed by atoms with E-state index < -0.39 is 11.5 Å². The minimum atomic E-state index is -0.463. The van der Waals surface area contributed by atoms with Crippen LogP contribution in [0.1, 0.15) is 22.8 Å². The molecule has 98 valence electrons. The lowest BCUT2D eigenvalue weighted by Crippen LogP contribution is -2.16. The van der Waals surface area contributed by atoms with E-state index in [2.05, 4.69) is 10.3 Å². The number of amides is 1. The molecule has 5 nitrogen and oxygen atoms in total. The van der Waals surface area contributed by atoms with E-state index in [9.17, 15) is 14.7 Å². The molecule has 1 heterocycles. The monoisotopic (exact) mass is 258 g/mol. The Morgan fingerprint density at radius 1 is 1.37 bits per heavy atom. The molecule has 1 amide bonds. The lowest BCUT2D eigenvalue weighted by Gasteiger charge is -2.10. The van der Waals surface area contributed by atoms with Crippen LogP contribution in [0.5, 0.6) is 5.75 Å². The van der Waals surface area contributed by atoms with E-state index in [1.807, 2.05) is 25.1 Å². The van der Waals surface area contributed by atoms with Crippen LogP contribution in [0.3, 0.4) is 0 Å². The number of para-hydroxylation sites is 1. The van der Waals surface area contributed by atoms with Gasteiger partial charge >= 0.3 is 0 Å². The van der Waals surface area contributed by atoms with Crippen molar-refractivity contribution in [1.29, 1.82) is 0 Å². The van der Waals surface area contributed by atoms with Crippen molar-refractivity contribution in [3.63, 3.8) is 0 Å². The van der Waals surface area contributed by atoms with Crippen molar-refractivity contribution >= 4 is 11.6 Å². The van der Waals surface area contributed by atoms with Crippen molar-refractivity contribution in [2.45, 2.75) is 13.3 Å². The van der Waals surface area contributed by atoms with Crippen molar-refractivity contribution in [2.75, 3.05) is 5.32 Å². The number of pyridine rings is 1. The molecule has 0 aliphatic heterocycles. The van der Waals surface area contributed by atoms with E-state index in [-0.39, 0.29) is 11.3 Å². The first-order valence-electron chi connectivity index (χ1n) is 5.92. The second-order valence-electron chi connectivity index (χ2n) is 4.06. The molecule has 19 heavy (non-hydrogen) atoms. The van der Waals surface area contributed by atoms with Gasteiger partial charge in [-0.1, -0.05) is 25.1 Å². The smallest absolute Gasteiger partial charge is 0.260 e. The van der Waals surface area contributed by atoms with E-state index in [1.165, 1.54) is 6.20 Å². The number of hydrogen-bond donors (Lipinski definition) is 3. The Morgan fingerprint density at radius 3 is 2.79 bits per heavy atom. The molecule has 5 heteroatoms. The molecular weight excluding hydrogens is 244 g/mol. The number of rotatable bonds is 3. The summed E-state index contributed by atoms with van der Waals surface area (Å²) >= 11 is 0. The number of H-pyrrole nitrogens is 1. The number of aryl methyl sites for hydroxylation is 1. The highest BCUT2D eigenvalue weighted by Crippen LogP contribution is 2.19. The molecule has 0 aliphatic carbocycles. The highest BCUT2D eigenvalue weighted by atomic mass is 16.3. The molecule has 0 unspecified atom stereocenters. The summed E-state index contributed by atoms with van der Waals surface area (Å²) in [6.07, 6.45) is 1.98. The van der Waals surface area contributed by atoms with Crippen molar-refractivity contribution in [2.24, 2.45) is 0 Å². The molecule has 0 bridgehead atoms. The highest BCUT2D eigenvalue weighted by molar-refractivity contribution is 6.06. The van der Waals surface area contributed by atoms with Crippen molar-refractivity contribution < 1.29 is 9.90 Å². The van der Waals surface area contributed by atoms with Gasteiger partial charge in [-0.05, 0) is 18.1 Å². The van der Waals surface area contributed by atoms with Crippen LogP contribution >= 0.6 is 0 Å². The first-order chi connectivity index (χ1) is 9.11. The number of benzene rings is 1. The molecule has 0 spiro atoms. The Bertz CT molecular complexity index is 662. The second kappa shape index (κ2) is 5.39. The number of nitrogens with one attached hydrogen (secondary N) is 2. The number of anilines is 1. The summed E-state index contributed by atoms with van der Waals surface area (Å²) in [6, 6.07) is 8.40. The van der Waals surface area contributed by atoms with Crippen molar-refractivity contribution in [3.8, 4) is 5.75 Å². The summed E-state index contributed by atoms with van der Waals surface area (Å²) < 4.78 is 0. The molecule has 1 aromatic heterocycles. The van der Waals surface area contributed by atoms with Gasteiger partial charge in [0.15, 0.2) is 0 Å². The molecule has 1 aromatic carbocycles. The molecule has 3 N–H and O–H groups in total. The molecule has 2 rings (SSSR count).